The van der Waals surface area contributed by atoms with E-state index in [1.165, 1.54) is 6.20 Å². The van der Waals surface area contributed by atoms with Gasteiger partial charge in [-0.25, -0.2) is 4.98 Å². The second kappa shape index (κ2) is 8.34. The molecule has 31 heavy (non-hydrogen) atoms. The van der Waals surface area contributed by atoms with Gasteiger partial charge in [0, 0.05) is 18.4 Å². The molecule has 1 aliphatic heterocycles. The van der Waals surface area contributed by atoms with Crippen LogP contribution >= 0.6 is 0 Å². The van der Waals surface area contributed by atoms with Gasteiger partial charge in [0.1, 0.15) is 17.3 Å². The number of aromatic nitrogens is 2. The van der Waals surface area contributed by atoms with E-state index < -0.39 is 11.9 Å². The number of nitrogens with one attached hydrogen (secondary N) is 2. The Morgan fingerprint density at radius 2 is 1.90 bits per heavy atom. The van der Waals surface area contributed by atoms with Crippen LogP contribution in [0.5, 0.6) is 0 Å². The minimum absolute atomic E-state index is 0.0250. The third-order valence-electron chi connectivity index (χ3n) is 5.69. The average Bonchev–Trinajstić information content (AvgIpc) is 2.73. The monoisotopic (exact) mass is 418 g/mol. The van der Waals surface area contributed by atoms with Crippen LogP contribution < -0.4 is 10.7 Å². The van der Waals surface area contributed by atoms with Gasteiger partial charge in [-0.3, -0.25) is 14.4 Å². The number of piperazine rings is 1. The van der Waals surface area contributed by atoms with Crippen LogP contribution in [-0.2, 0) is 11.2 Å². The number of aromatic amines is 1. The molecule has 0 unspecified atom stereocenters. The van der Waals surface area contributed by atoms with Gasteiger partial charge in [-0.2, -0.15) is 0 Å². The van der Waals surface area contributed by atoms with Gasteiger partial charge in [0.05, 0.1) is 11.4 Å². The average molecular weight is 418 g/mol. The second-order valence-corrected chi connectivity index (χ2v) is 8.42. The predicted molar refractivity (Wildman–Crippen MR) is 119 cm³/mol. The van der Waals surface area contributed by atoms with E-state index in [2.05, 4.69) is 15.3 Å². The van der Waals surface area contributed by atoms with Crippen molar-refractivity contribution in [3.63, 3.8) is 0 Å². The van der Waals surface area contributed by atoms with Gasteiger partial charge in [0.2, 0.25) is 11.3 Å². The highest BCUT2D eigenvalue weighted by molar-refractivity contribution is 6.00. The fourth-order valence-corrected chi connectivity index (χ4v) is 4.23. The third-order valence-corrected chi connectivity index (χ3v) is 5.69. The van der Waals surface area contributed by atoms with Crippen molar-refractivity contribution in [2.75, 3.05) is 6.54 Å². The van der Waals surface area contributed by atoms with Crippen molar-refractivity contribution in [1.29, 1.82) is 0 Å². The van der Waals surface area contributed by atoms with E-state index in [4.69, 9.17) is 0 Å². The summed E-state index contributed by atoms with van der Waals surface area (Å²) in [5, 5.41) is 3.42. The van der Waals surface area contributed by atoms with Gasteiger partial charge in [0.25, 0.3) is 5.91 Å². The Labute approximate surface area is 180 Å². The summed E-state index contributed by atoms with van der Waals surface area (Å²) in [6.45, 7) is 5.98. The zero-order valence-corrected chi connectivity index (χ0v) is 17.9. The van der Waals surface area contributed by atoms with E-state index in [9.17, 15) is 14.4 Å². The Morgan fingerprint density at radius 3 is 2.61 bits per heavy atom. The molecule has 0 saturated carbocycles. The Hall–Kier alpha value is -3.48. The zero-order valence-electron chi connectivity index (χ0n) is 17.9. The van der Waals surface area contributed by atoms with Crippen molar-refractivity contribution < 1.29 is 9.59 Å². The number of aryl methyl sites for hydroxylation is 1. The summed E-state index contributed by atoms with van der Waals surface area (Å²) in [6.07, 6.45) is 2.02. The number of amides is 2. The van der Waals surface area contributed by atoms with Gasteiger partial charge in [-0.1, -0.05) is 44.2 Å². The largest absolute Gasteiger partial charge is 0.349 e. The van der Waals surface area contributed by atoms with Crippen molar-refractivity contribution in [2.24, 2.45) is 5.92 Å². The van der Waals surface area contributed by atoms with E-state index in [0.717, 1.165) is 11.3 Å². The highest BCUT2D eigenvalue weighted by Gasteiger charge is 2.40. The molecule has 7 heteroatoms. The van der Waals surface area contributed by atoms with Crippen molar-refractivity contribution >= 4 is 22.8 Å². The molecular weight excluding hydrogens is 392 g/mol. The molecule has 0 spiro atoms. The quantitative estimate of drug-likeness (QED) is 0.680. The summed E-state index contributed by atoms with van der Waals surface area (Å²) in [5.74, 6) is -0.717. The van der Waals surface area contributed by atoms with Crippen LogP contribution in [0.15, 0.2) is 53.5 Å². The lowest BCUT2D eigenvalue weighted by atomic mass is 9.94. The minimum atomic E-state index is -0.634. The molecule has 1 saturated heterocycles. The number of nitrogens with zero attached hydrogens (tertiary/aromatic N) is 2. The number of rotatable bonds is 4. The molecule has 3 heterocycles. The molecule has 2 aromatic heterocycles. The summed E-state index contributed by atoms with van der Waals surface area (Å²) in [7, 11) is 0. The minimum Gasteiger partial charge on any atom is -0.349 e. The number of pyridine rings is 2. The second-order valence-electron chi connectivity index (χ2n) is 8.42. The number of H-pyrrole nitrogens is 1. The first kappa shape index (κ1) is 20.8. The normalized spacial score (nSPS) is 19.0. The van der Waals surface area contributed by atoms with Crippen LogP contribution in [0.2, 0.25) is 0 Å². The van der Waals surface area contributed by atoms with Crippen LogP contribution in [-0.4, -0.2) is 45.3 Å². The molecular formula is C24H26N4O3. The lowest BCUT2D eigenvalue weighted by molar-refractivity contribution is -0.131. The van der Waals surface area contributed by atoms with Crippen LogP contribution in [0.1, 0.15) is 35.5 Å². The van der Waals surface area contributed by atoms with Gasteiger partial charge in [0.15, 0.2) is 0 Å². The Balaban J connectivity index is 1.68. The fraction of sp³-hybridized carbons (Fsp3) is 0.333. The smallest absolute Gasteiger partial charge is 0.260 e. The molecule has 1 aromatic carbocycles. The molecule has 0 bridgehead atoms. The van der Waals surface area contributed by atoms with E-state index >= 15 is 0 Å². The van der Waals surface area contributed by atoms with E-state index in [1.54, 1.807) is 17.0 Å². The SMILES string of the molecule is Cc1ccc2c(=O)c(C(=O)N3C[C@H](Cc4ccccc4)NC(=O)[C@@H]3C(C)C)c[nH]c2n1. The van der Waals surface area contributed by atoms with E-state index in [-0.39, 0.29) is 28.9 Å². The highest BCUT2D eigenvalue weighted by atomic mass is 16.2. The molecule has 2 N–H and O–H groups in total. The summed E-state index contributed by atoms with van der Waals surface area (Å²) in [6, 6.07) is 12.4. The Bertz CT molecular complexity index is 1190. The third kappa shape index (κ3) is 4.08. The lowest BCUT2D eigenvalue weighted by Gasteiger charge is -2.41. The molecule has 2 amide bonds. The van der Waals surface area contributed by atoms with Gasteiger partial charge in [-0.15, -0.1) is 0 Å². The van der Waals surface area contributed by atoms with Gasteiger partial charge >= 0.3 is 0 Å². The van der Waals surface area contributed by atoms with Crippen LogP contribution in [0.25, 0.3) is 11.0 Å². The van der Waals surface area contributed by atoms with Crippen molar-refractivity contribution in [1.82, 2.24) is 20.2 Å². The molecule has 3 aromatic rings. The molecule has 7 nitrogen and oxygen atoms in total. The number of fused-ring (bicyclic) bond motifs is 1. The first-order valence-corrected chi connectivity index (χ1v) is 10.5. The number of carbonyl (C=O) groups is 2. The number of benzene rings is 1. The first-order chi connectivity index (χ1) is 14.8. The zero-order chi connectivity index (χ0) is 22.1. The molecule has 0 aliphatic carbocycles. The summed E-state index contributed by atoms with van der Waals surface area (Å²) >= 11 is 0. The van der Waals surface area contributed by atoms with Gasteiger partial charge < -0.3 is 15.2 Å². The number of carbonyl (C=O) groups excluding carboxylic acids is 2. The van der Waals surface area contributed by atoms with E-state index in [0.29, 0.717) is 24.0 Å². The Kier molecular flexibility index (Phi) is 5.59. The molecule has 4 rings (SSSR count). The summed E-state index contributed by atoms with van der Waals surface area (Å²) in [4.78, 5) is 48.3. The van der Waals surface area contributed by atoms with Crippen molar-refractivity contribution in [2.45, 2.75) is 39.3 Å². The number of hydrogen-bond acceptors (Lipinski definition) is 4. The van der Waals surface area contributed by atoms with Crippen molar-refractivity contribution in [3.05, 3.63) is 75.7 Å². The molecule has 160 valence electrons. The van der Waals surface area contributed by atoms with Crippen molar-refractivity contribution in [3.8, 4) is 0 Å². The fourth-order valence-electron chi connectivity index (χ4n) is 4.23. The maximum absolute atomic E-state index is 13.5. The Morgan fingerprint density at radius 1 is 1.16 bits per heavy atom. The maximum Gasteiger partial charge on any atom is 0.260 e. The lowest BCUT2D eigenvalue weighted by Crippen LogP contribution is -2.64. The molecule has 0 radical (unpaired) electrons. The molecule has 2 atom stereocenters. The van der Waals surface area contributed by atoms with Crippen LogP contribution in [0.3, 0.4) is 0 Å². The summed E-state index contributed by atoms with van der Waals surface area (Å²) in [5.41, 5.74) is 1.95. The standard InChI is InChI=1S/C24H26N4O3/c1-14(2)20-23(30)27-17(11-16-7-5-4-6-8-16)13-28(20)24(31)19-12-25-22-18(21(19)29)10-9-15(3)26-22/h4-10,12,14,17,20H,11,13H2,1-3H3,(H,27,30)(H,25,26,29)/t17-,20-/m0/s1. The topological polar surface area (TPSA) is 95.2 Å². The molecule has 1 fully saturated rings. The van der Waals surface area contributed by atoms with Gasteiger partial charge in [-0.05, 0) is 37.0 Å². The van der Waals surface area contributed by atoms with Crippen LogP contribution in [0, 0.1) is 12.8 Å². The van der Waals surface area contributed by atoms with Crippen LogP contribution in [0.4, 0.5) is 0 Å². The molecule has 1 aliphatic rings. The highest BCUT2D eigenvalue weighted by Crippen LogP contribution is 2.21. The van der Waals surface area contributed by atoms with E-state index in [1.807, 2.05) is 51.1 Å². The number of hydrogen-bond donors (Lipinski definition) is 2. The summed E-state index contributed by atoms with van der Waals surface area (Å²) < 4.78 is 0. The first-order valence-electron chi connectivity index (χ1n) is 10.5. The predicted octanol–water partition coefficient (Wildman–Crippen LogP) is 2.44. The maximum atomic E-state index is 13.5.